The quantitative estimate of drug-likeness (QED) is 0.651. The fraction of sp³-hybridized carbons (Fsp3) is 0.333. The summed E-state index contributed by atoms with van der Waals surface area (Å²) < 4.78 is 14.3. The summed E-state index contributed by atoms with van der Waals surface area (Å²) in [5.74, 6) is 0.183. The van der Waals surface area contributed by atoms with Gasteiger partial charge in [0.2, 0.25) is 0 Å². The molecule has 0 N–H and O–H groups in total. The van der Waals surface area contributed by atoms with Crippen molar-refractivity contribution in [3.63, 3.8) is 0 Å². The van der Waals surface area contributed by atoms with Crippen LogP contribution in [0.25, 0.3) is 0 Å². The highest BCUT2D eigenvalue weighted by Crippen LogP contribution is 2.41. The molecule has 0 bridgehead atoms. The van der Waals surface area contributed by atoms with Crippen LogP contribution in [0, 0.1) is 5.82 Å². The van der Waals surface area contributed by atoms with Gasteiger partial charge < -0.3 is 0 Å². The zero-order valence-corrected chi connectivity index (χ0v) is 13.2. The number of rotatable bonds is 3. The molecule has 0 radical (unpaired) electrons. The summed E-state index contributed by atoms with van der Waals surface area (Å²) in [6, 6.07) is 13.6. The average molecular weight is 323 g/mol. The fourth-order valence-electron chi connectivity index (χ4n) is 3.43. The number of fused-ring (bicyclic) bond motifs is 1. The highest BCUT2D eigenvalue weighted by atomic mass is 35.5. The molecule has 0 saturated heterocycles. The topological polar surface area (TPSA) is 0 Å². The van der Waals surface area contributed by atoms with Crippen LogP contribution in [0.2, 0.25) is 5.02 Å². The third-order valence-electron chi connectivity index (χ3n) is 4.51. The molecule has 1 aliphatic carbocycles. The highest BCUT2D eigenvalue weighted by Gasteiger charge is 2.36. The van der Waals surface area contributed by atoms with Gasteiger partial charge in [0.05, 0.1) is 5.02 Å². The van der Waals surface area contributed by atoms with Crippen molar-refractivity contribution in [1.82, 2.24) is 0 Å². The van der Waals surface area contributed by atoms with Gasteiger partial charge in [-0.3, -0.25) is 0 Å². The van der Waals surface area contributed by atoms with Gasteiger partial charge in [0, 0.05) is 11.3 Å². The van der Waals surface area contributed by atoms with Crippen LogP contribution in [-0.2, 0) is 18.3 Å². The van der Waals surface area contributed by atoms with E-state index in [4.69, 9.17) is 23.2 Å². The zero-order valence-electron chi connectivity index (χ0n) is 11.7. The second kappa shape index (κ2) is 5.98. The maximum absolute atomic E-state index is 14.3. The van der Waals surface area contributed by atoms with E-state index in [-0.39, 0.29) is 16.3 Å². The van der Waals surface area contributed by atoms with Gasteiger partial charge in [0.15, 0.2) is 0 Å². The van der Waals surface area contributed by atoms with Gasteiger partial charge in [-0.1, -0.05) is 48.0 Å². The van der Waals surface area contributed by atoms with Crippen LogP contribution >= 0.6 is 23.2 Å². The van der Waals surface area contributed by atoms with E-state index in [0.717, 1.165) is 19.3 Å². The lowest BCUT2D eigenvalue weighted by Crippen LogP contribution is -2.35. The lowest BCUT2D eigenvalue weighted by Gasteiger charge is -2.38. The van der Waals surface area contributed by atoms with Crippen LogP contribution < -0.4 is 0 Å². The lowest BCUT2D eigenvalue weighted by atomic mass is 9.68. The van der Waals surface area contributed by atoms with Crippen LogP contribution in [0.5, 0.6) is 0 Å². The molecule has 0 nitrogen and oxygen atoms in total. The minimum absolute atomic E-state index is 0.182. The minimum atomic E-state index is -0.313. The van der Waals surface area contributed by atoms with Gasteiger partial charge in [-0.15, -0.1) is 11.6 Å². The summed E-state index contributed by atoms with van der Waals surface area (Å²) in [4.78, 5) is 0. The summed E-state index contributed by atoms with van der Waals surface area (Å²) in [5.41, 5.74) is 3.07. The second-order valence-electron chi connectivity index (χ2n) is 5.81. The fourth-order valence-corrected chi connectivity index (χ4v) is 3.99. The van der Waals surface area contributed by atoms with Crippen molar-refractivity contribution in [2.45, 2.75) is 31.1 Å². The Morgan fingerprint density at radius 2 is 1.90 bits per heavy atom. The average Bonchev–Trinajstić information content (AvgIpc) is 2.52. The monoisotopic (exact) mass is 322 g/mol. The van der Waals surface area contributed by atoms with Gasteiger partial charge in [-0.2, -0.15) is 0 Å². The SMILES string of the molecule is Fc1c(Cl)cccc1CC1(CCl)CCCc2ccccc21. The maximum Gasteiger partial charge on any atom is 0.145 e. The Kier molecular flexibility index (Phi) is 4.24. The van der Waals surface area contributed by atoms with E-state index in [1.54, 1.807) is 12.1 Å². The first kappa shape index (κ1) is 14.9. The van der Waals surface area contributed by atoms with Gasteiger partial charge in [-0.25, -0.2) is 4.39 Å². The summed E-state index contributed by atoms with van der Waals surface area (Å²) >= 11 is 12.3. The molecule has 0 heterocycles. The normalized spacial score (nSPS) is 21.1. The number of aryl methyl sites for hydroxylation is 1. The summed E-state index contributed by atoms with van der Waals surface area (Å²) in [6.07, 6.45) is 3.75. The first-order valence-electron chi connectivity index (χ1n) is 7.23. The van der Waals surface area contributed by atoms with Gasteiger partial charge in [-0.05, 0) is 48.4 Å². The highest BCUT2D eigenvalue weighted by molar-refractivity contribution is 6.30. The zero-order chi connectivity index (χ0) is 14.9. The van der Waals surface area contributed by atoms with E-state index < -0.39 is 0 Å². The molecular formula is C18H17Cl2F. The van der Waals surface area contributed by atoms with Crippen molar-refractivity contribution in [1.29, 1.82) is 0 Å². The smallest absolute Gasteiger partial charge is 0.145 e. The van der Waals surface area contributed by atoms with Crippen LogP contribution in [0.15, 0.2) is 42.5 Å². The number of hydrogen-bond acceptors (Lipinski definition) is 0. The second-order valence-corrected chi connectivity index (χ2v) is 6.49. The van der Waals surface area contributed by atoms with E-state index >= 15 is 0 Å². The van der Waals surface area contributed by atoms with Gasteiger partial charge >= 0.3 is 0 Å². The number of halogens is 3. The van der Waals surface area contributed by atoms with Crippen LogP contribution in [0.3, 0.4) is 0 Å². The molecule has 0 spiro atoms. The van der Waals surface area contributed by atoms with E-state index in [2.05, 4.69) is 18.2 Å². The third-order valence-corrected chi connectivity index (χ3v) is 5.31. The van der Waals surface area contributed by atoms with Gasteiger partial charge in [0.25, 0.3) is 0 Å². The first-order valence-corrected chi connectivity index (χ1v) is 8.15. The molecule has 1 atom stereocenters. The molecule has 0 fully saturated rings. The molecule has 1 aliphatic rings. The van der Waals surface area contributed by atoms with E-state index in [9.17, 15) is 4.39 Å². The standard InChI is InChI=1S/C18H17Cl2F/c19-12-18(11-14-6-3-9-16(20)17(14)21)10-4-7-13-5-1-2-8-15(13)18/h1-3,5-6,8-9H,4,7,10-12H2. The Morgan fingerprint density at radius 3 is 2.71 bits per heavy atom. The molecule has 2 aromatic rings. The molecule has 0 saturated carbocycles. The molecule has 0 aliphatic heterocycles. The Morgan fingerprint density at radius 1 is 1.10 bits per heavy atom. The number of benzene rings is 2. The van der Waals surface area contributed by atoms with Crippen molar-refractivity contribution in [3.8, 4) is 0 Å². The Balaban J connectivity index is 2.04. The molecule has 21 heavy (non-hydrogen) atoms. The number of hydrogen-bond donors (Lipinski definition) is 0. The molecule has 110 valence electrons. The molecule has 1 unspecified atom stereocenters. The van der Waals surface area contributed by atoms with Crippen LogP contribution in [0.4, 0.5) is 4.39 Å². The van der Waals surface area contributed by atoms with E-state index in [1.807, 2.05) is 12.1 Å². The molecule has 0 amide bonds. The van der Waals surface area contributed by atoms with Crippen molar-refractivity contribution in [2.75, 3.05) is 5.88 Å². The molecular weight excluding hydrogens is 306 g/mol. The molecule has 3 heteroatoms. The minimum Gasteiger partial charge on any atom is -0.205 e. The Labute approximate surface area is 134 Å². The molecule has 0 aromatic heterocycles. The first-order chi connectivity index (χ1) is 10.2. The van der Waals surface area contributed by atoms with Gasteiger partial charge in [0.1, 0.15) is 5.82 Å². The van der Waals surface area contributed by atoms with Crippen molar-refractivity contribution >= 4 is 23.2 Å². The van der Waals surface area contributed by atoms with E-state index in [0.29, 0.717) is 17.9 Å². The lowest BCUT2D eigenvalue weighted by molar-refractivity contribution is 0.390. The maximum atomic E-state index is 14.3. The summed E-state index contributed by atoms with van der Waals surface area (Å²) in [7, 11) is 0. The van der Waals surface area contributed by atoms with Crippen molar-refractivity contribution < 1.29 is 4.39 Å². The van der Waals surface area contributed by atoms with Crippen LogP contribution in [0.1, 0.15) is 29.5 Å². The molecule has 3 rings (SSSR count). The molecule has 2 aromatic carbocycles. The Bertz CT molecular complexity index is 653. The summed E-state index contributed by atoms with van der Waals surface area (Å²) in [5, 5.41) is 0.182. The van der Waals surface area contributed by atoms with Crippen molar-refractivity contribution in [2.24, 2.45) is 0 Å². The third kappa shape index (κ3) is 2.69. The number of alkyl halides is 1. The van der Waals surface area contributed by atoms with Crippen molar-refractivity contribution in [3.05, 3.63) is 70.0 Å². The van der Waals surface area contributed by atoms with Crippen LogP contribution in [-0.4, -0.2) is 5.88 Å². The van der Waals surface area contributed by atoms with E-state index in [1.165, 1.54) is 11.1 Å². The largest absolute Gasteiger partial charge is 0.205 e. The predicted octanol–water partition coefficient (Wildman–Crippen LogP) is 5.53. The Hall–Kier alpha value is -1.05. The predicted molar refractivity (Wildman–Crippen MR) is 86.9 cm³/mol. The summed E-state index contributed by atoms with van der Waals surface area (Å²) in [6.45, 7) is 0.